The van der Waals surface area contributed by atoms with Crippen LogP contribution in [0.15, 0.2) is 60.0 Å². The van der Waals surface area contributed by atoms with Crippen molar-refractivity contribution in [1.29, 1.82) is 0 Å². The van der Waals surface area contributed by atoms with Crippen LogP contribution >= 0.6 is 0 Å². The first kappa shape index (κ1) is 24.4. The Hall–Kier alpha value is -3.87. The number of hydrogen-bond donors (Lipinski definition) is 1. The predicted octanol–water partition coefficient (Wildman–Crippen LogP) is 5.37. The highest BCUT2D eigenvalue weighted by atomic mass is 19.1. The van der Waals surface area contributed by atoms with Crippen LogP contribution in [0.2, 0.25) is 0 Å². The van der Waals surface area contributed by atoms with E-state index in [0.717, 1.165) is 0 Å². The number of carbonyl (C=O) groups excluding carboxylic acids is 1. The summed E-state index contributed by atoms with van der Waals surface area (Å²) < 4.78 is 26.8. The van der Waals surface area contributed by atoms with Crippen molar-refractivity contribution >= 4 is 11.6 Å². The molecule has 1 heterocycles. The minimum atomic E-state index is -0.364. The largest absolute Gasteiger partial charge is 0.496 e. The Balaban J connectivity index is 0.00000363. The van der Waals surface area contributed by atoms with Gasteiger partial charge in [-0.15, -0.1) is 0 Å². The first-order chi connectivity index (χ1) is 14.7. The molecular formula is C25H27FN2O4. The number of nitrogens with zero attached hydrogens (tertiary/aromatic N) is 1. The fourth-order valence-corrected chi connectivity index (χ4v) is 3.25. The summed E-state index contributed by atoms with van der Waals surface area (Å²) in [7, 11) is 3.10. The molecule has 2 aromatic carbocycles. The van der Waals surface area contributed by atoms with Crippen LogP contribution < -0.4 is 20.3 Å². The Morgan fingerprint density at radius 3 is 2.34 bits per heavy atom. The van der Waals surface area contributed by atoms with Gasteiger partial charge in [-0.2, -0.15) is 0 Å². The molecule has 0 fully saturated rings. The van der Waals surface area contributed by atoms with Crippen molar-refractivity contribution in [3.05, 3.63) is 82.5 Å². The molecule has 0 bridgehead atoms. The van der Waals surface area contributed by atoms with Gasteiger partial charge in [0.15, 0.2) is 0 Å². The molecule has 0 aliphatic heterocycles. The van der Waals surface area contributed by atoms with Gasteiger partial charge in [0.25, 0.3) is 5.56 Å². The van der Waals surface area contributed by atoms with Gasteiger partial charge in [-0.1, -0.05) is 14.0 Å². The fourth-order valence-electron chi connectivity index (χ4n) is 3.25. The van der Waals surface area contributed by atoms with Gasteiger partial charge in [0.1, 0.15) is 23.1 Å². The van der Waals surface area contributed by atoms with Gasteiger partial charge in [0.2, 0.25) is 5.91 Å². The number of methoxy groups -OCH3 is 1. The summed E-state index contributed by atoms with van der Waals surface area (Å²) in [5.41, 5.74) is 2.73. The molecule has 3 aromatic rings. The lowest BCUT2D eigenvalue weighted by Crippen LogP contribution is -2.15. The van der Waals surface area contributed by atoms with Crippen molar-refractivity contribution in [2.75, 3.05) is 12.4 Å². The summed E-state index contributed by atoms with van der Waals surface area (Å²) in [5.74, 6) is 0.621. The van der Waals surface area contributed by atoms with Crippen LogP contribution in [0, 0.1) is 19.7 Å². The SMILES string of the molecule is C.C=CC(=O)Nc1ccc(Oc2c(C)cc(F)cc2C)c(-c2cn(C)c(=O)cc2OC)c1. The number of rotatable bonds is 6. The van der Waals surface area contributed by atoms with Crippen LogP contribution in [0.3, 0.4) is 0 Å². The first-order valence-electron chi connectivity index (χ1n) is 9.50. The molecule has 0 spiro atoms. The minimum Gasteiger partial charge on any atom is -0.496 e. The molecule has 1 aromatic heterocycles. The Kier molecular flexibility index (Phi) is 7.59. The van der Waals surface area contributed by atoms with E-state index in [2.05, 4.69) is 11.9 Å². The summed E-state index contributed by atoms with van der Waals surface area (Å²) in [6, 6.07) is 9.26. The smallest absolute Gasteiger partial charge is 0.254 e. The van der Waals surface area contributed by atoms with Crippen molar-refractivity contribution in [1.82, 2.24) is 4.57 Å². The van der Waals surface area contributed by atoms with Crippen molar-refractivity contribution in [2.24, 2.45) is 7.05 Å². The Labute approximate surface area is 186 Å². The van der Waals surface area contributed by atoms with Crippen molar-refractivity contribution in [3.8, 4) is 28.4 Å². The number of carbonyl (C=O) groups is 1. The summed E-state index contributed by atoms with van der Waals surface area (Å²) in [4.78, 5) is 23.9. The normalized spacial score (nSPS) is 10.2. The fraction of sp³-hybridized carbons (Fsp3) is 0.200. The molecule has 3 rings (SSSR count). The third kappa shape index (κ3) is 5.06. The maximum absolute atomic E-state index is 13.7. The zero-order valence-electron chi connectivity index (χ0n) is 17.8. The number of nitrogens with one attached hydrogen (secondary N) is 1. The lowest BCUT2D eigenvalue weighted by molar-refractivity contribution is -0.111. The maximum Gasteiger partial charge on any atom is 0.254 e. The Morgan fingerprint density at radius 2 is 1.75 bits per heavy atom. The third-order valence-electron chi connectivity index (χ3n) is 4.77. The second-order valence-electron chi connectivity index (χ2n) is 7.08. The number of ether oxygens (including phenoxy) is 2. The zero-order chi connectivity index (χ0) is 22.7. The molecule has 0 radical (unpaired) electrons. The lowest BCUT2D eigenvalue weighted by atomic mass is 10.0. The number of aryl methyl sites for hydroxylation is 3. The van der Waals surface area contributed by atoms with Crippen molar-refractivity contribution in [2.45, 2.75) is 21.3 Å². The maximum atomic E-state index is 13.7. The van der Waals surface area contributed by atoms with Crippen LogP contribution in [-0.4, -0.2) is 17.6 Å². The summed E-state index contributed by atoms with van der Waals surface area (Å²) in [6.45, 7) is 6.98. The molecule has 168 valence electrons. The lowest BCUT2D eigenvalue weighted by Gasteiger charge is -2.18. The molecule has 1 amide bonds. The summed E-state index contributed by atoms with van der Waals surface area (Å²) >= 11 is 0. The number of pyridine rings is 1. The molecule has 0 aliphatic carbocycles. The van der Waals surface area contributed by atoms with Gasteiger partial charge in [-0.25, -0.2) is 4.39 Å². The van der Waals surface area contributed by atoms with Crippen LogP contribution in [0.25, 0.3) is 11.1 Å². The van der Waals surface area contributed by atoms with E-state index in [9.17, 15) is 14.0 Å². The van der Waals surface area contributed by atoms with E-state index in [1.54, 1.807) is 45.3 Å². The van der Waals surface area contributed by atoms with Crippen LogP contribution in [0.4, 0.5) is 10.1 Å². The molecule has 6 nitrogen and oxygen atoms in total. The van der Waals surface area contributed by atoms with E-state index in [-0.39, 0.29) is 24.7 Å². The molecule has 7 heteroatoms. The quantitative estimate of drug-likeness (QED) is 0.526. The standard InChI is InChI=1S/C24H23FN2O4.CH4/c1-6-22(28)26-17-7-8-20(31-24-14(2)9-16(25)10-15(24)3)18(11-17)19-13-27(4)23(29)12-21(19)30-5;/h6-13H,1H2,2-5H3,(H,26,28);1H4. The van der Waals surface area contributed by atoms with Gasteiger partial charge in [-0.05, 0) is 61.4 Å². The predicted molar refractivity (Wildman–Crippen MR) is 125 cm³/mol. The second-order valence-corrected chi connectivity index (χ2v) is 7.08. The van der Waals surface area contributed by atoms with E-state index >= 15 is 0 Å². The molecule has 0 saturated carbocycles. The van der Waals surface area contributed by atoms with E-state index < -0.39 is 0 Å². The van der Waals surface area contributed by atoms with Crippen molar-refractivity contribution in [3.63, 3.8) is 0 Å². The minimum absolute atomic E-state index is 0. The first-order valence-corrected chi connectivity index (χ1v) is 9.50. The summed E-state index contributed by atoms with van der Waals surface area (Å²) in [5, 5.41) is 2.72. The highest BCUT2D eigenvalue weighted by Crippen LogP contribution is 2.40. The van der Waals surface area contributed by atoms with Crippen LogP contribution in [0.5, 0.6) is 17.2 Å². The zero-order valence-corrected chi connectivity index (χ0v) is 17.8. The number of hydrogen-bond acceptors (Lipinski definition) is 4. The summed E-state index contributed by atoms with van der Waals surface area (Å²) in [6.07, 6.45) is 2.80. The molecular weight excluding hydrogens is 411 g/mol. The molecule has 0 atom stereocenters. The molecule has 0 unspecified atom stereocenters. The molecule has 1 N–H and O–H groups in total. The van der Waals surface area contributed by atoms with Crippen LogP contribution in [0.1, 0.15) is 18.6 Å². The van der Waals surface area contributed by atoms with Gasteiger partial charge in [0, 0.05) is 36.1 Å². The van der Waals surface area contributed by atoms with Crippen molar-refractivity contribution < 1.29 is 18.7 Å². The van der Waals surface area contributed by atoms with E-state index in [0.29, 0.717) is 45.2 Å². The number of amides is 1. The van der Waals surface area contributed by atoms with Gasteiger partial charge in [0.05, 0.1) is 7.11 Å². The molecule has 0 aliphatic rings. The molecule has 0 saturated heterocycles. The average molecular weight is 438 g/mol. The highest BCUT2D eigenvalue weighted by molar-refractivity contribution is 5.99. The molecule has 32 heavy (non-hydrogen) atoms. The van der Waals surface area contributed by atoms with E-state index in [1.807, 2.05) is 0 Å². The van der Waals surface area contributed by atoms with Crippen LogP contribution in [-0.2, 0) is 11.8 Å². The van der Waals surface area contributed by atoms with Gasteiger partial charge >= 0.3 is 0 Å². The van der Waals surface area contributed by atoms with Gasteiger partial charge in [-0.3, -0.25) is 9.59 Å². The highest BCUT2D eigenvalue weighted by Gasteiger charge is 2.17. The monoisotopic (exact) mass is 438 g/mol. The number of benzene rings is 2. The number of anilines is 1. The number of halogens is 1. The number of aromatic nitrogens is 1. The average Bonchev–Trinajstić information content (AvgIpc) is 2.72. The van der Waals surface area contributed by atoms with E-state index in [4.69, 9.17) is 9.47 Å². The Bertz CT molecular complexity index is 1210. The van der Waals surface area contributed by atoms with E-state index in [1.165, 1.54) is 36.0 Å². The Morgan fingerprint density at radius 1 is 1.09 bits per heavy atom. The third-order valence-corrected chi connectivity index (χ3v) is 4.77. The second kappa shape index (κ2) is 9.96. The van der Waals surface area contributed by atoms with Gasteiger partial charge < -0.3 is 19.4 Å². The topological polar surface area (TPSA) is 69.6 Å².